The maximum atomic E-state index is 12.5. The Kier molecular flexibility index (Phi) is 6.48. The van der Waals surface area contributed by atoms with E-state index in [2.05, 4.69) is 15.0 Å². The van der Waals surface area contributed by atoms with Gasteiger partial charge >= 0.3 is 0 Å². The molecule has 150 valence electrons. The molecule has 1 amide bonds. The molecule has 9 nitrogen and oxygen atoms in total. The van der Waals surface area contributed by atoms with Gasteiger partial charge in [-0.05, 0) is 13.8 Å². The van der Waals surface area contributed by atoms with E-state index >= 15 is 0 Å². The number of ether oxygens (including phenoxy) is 2. The fraction of sp³-hybridized carbons (Fsp3) is 0.526. The minimum absolute atomic E-state index is 0.00925. The van der Waals surface area contributed by atoms with Crippen molar-refractivity contribution in [2.45, 2.75) is 26.1 Å². The van der Waals surface area contributed by atoms with Gasteiger partial charge in [0.15, 0.2) is 0 Å². The third kappa shape index (κ3) is 4.79. The molecule has 1 saturated heterocycles. The first kappa shape index (κ1) is 20.1. The van der Waals surface area contributed by atoms with Gasteiger partial charge in [-0.2, -0.15) is 0 Å². The van der Waals surface area contributed by atoms with Crippen molar-refractivity contribution in [1.82, 2.24) is 24.8 Å². The molecule has 1 atom stereocenters. The summed E-state index contributed by atoms with van der Waals surface area (Å²) in [5, 5.41) is 0. The van der Waals surface area contributed by atoms with Crippen LogP contribution in [0, 0.1) is 0 Å². The van der Waals surface area contributed by atoms with Crippen LogP contribution in [0.25, 0.3) is 11.1 Å². The lowest BCUT2D eigenvalue weighted by Crippen LogP contribution is -2.44. The van der Waals surface area contributed by atoms with Gasteiger partial charge < -0.3 is 19.3 Å². The molecule has 1 aliphatic rings. The van der Waals surface area contributed by atoms with Crippen molar-refractivity contribution in [2.75, 3.05) is 45.3 Å². The predicted molar refractivity (Wildman–Crippen MR) is 104 cm³/mol. The van der Waals surface area contributed by atoms with Crippen LogP contribution in [0.4, 0.5) is 5.95 Å². The molecular formula is C19H26N6O3. The van der Waals surface area contributed by atoms with Crippen LogP contribution in [-0.4, -0.2) is 77.2 Å². The topological polar surface area (TPSA) is 93.6 Å². The molecule has 2 aromatic rings. The summed E-state index contributed by atoms with van der Waals surface area (Å²) in [5.41, 5.74) is 2.32. The Hall–Kier alpha value is -2.65. The maximum Gasteiger partial charge on any atom is 0.248 e. The van der Waals surface area contributed by atoms with Gasteiger partial charge in [0.1, 0.15) is 19.0 Å². The molecular weight excluding hydrogens is 360 g/mol. The molecule has 28 heavy (non-hydrogen) atoms. The van der Waals surface area contributed by atoms with Crippen LogP contribution >= 0.6 is 0 Å². The molecule has 2 aromatic heterocycles. The highest BCUT2D eigenvalue weighted by Crippen LogP contribution is 2.30. The van der Waals surface area contributed by atoms with Crippen LogP contribution in [0.3, 0.4) is 0 Å². The molecule has 1 fully saturated rings. The van der Waals surface area contributed by atoms with Crippen molar-refractivity contribution in [2.24, 2.45) is 0 Å². The van der Waals surface area contributed by atoms with Crippen molar-refractivity contribution in [3.05, 3.63) is 30.6 Å². The van der Waals surface area contributed by atoms with Crippen molar-refractivity contribution in [3.63, 3.8) is 0 Å². The molecule has 3 rings (SSSR count). The first-order chi connectivity index (χ1) is 13.5. The lowest BCUT2D eigenvalue weighted by atomic mass is 10.0. The summed E-state index contributed by atoms with van der Waals surface area (Å²) < 4.78 is 11.4. The average molecular weight is 386 g/mol. The van der Waals surface area contributed by atoms with Gasteiger partial charge in [0.2, 0.25) is 11.9 Å². The zero-order chi connectivity index (χ0) is 20.1. The fourth-order valence-electron chi connectivity index (χ4n) is 2.88. The van der Waals surface area contributed by atoms with Crippen molar-refractivity contribution in [1.29, 1.82) is 0 Å². The Morgan fingerprint density at radius 3 is 2.75 bits per heavy atom. The Balaban J connectivity index is 1.88. The summed E-state index contributed by atoms with van der Waals surface area (Å²) in [6, 6.07) is 0. The molecule has 0 spiro atoms. The lowest BCUT2D eigenvalue weighted by Gasteiger charge is -2.33. The second-order valence-electron chi connectivity index (χ2n) is 7.05. The molecule has 9 heteroatoms. The third-order valence-corrected chi connectivity index (χ3v) is 4.34. The molecule has 1 aliphatic heterocycles. The predicted octanol–water partition coefficient (Wildman–Crippen LogP) is 1.32. The normalized spacial score (nSPS) is 17.0. The summed E-state index contributed by atoms with van der Waals surface area (Å²) in [4.78, 5) is 33.4. The lowest BCUT2D eigenvalue weighted by molar-refractivity contribution is -0.145. The van der Waals surface area contributed by atoms with Gasteiger partial charge in [-0.3, -0.25) is 4.79 Å². The van der Waals surface area contributed by atoms with E-state index in [1.54, 1.807) is 23.5 Å². The van der Waals surface area contributed by atoms with Crippen LogP contribution in [0.15, 0.2) is 24.9 Å². The molecule has 0 aliphatic carbocycles. The Bertz CT molecular complexity index is 800. The zero-order valence-corrected chi connectivity index (χ0v) is 16.7. The van der Waals surface area contributed by atoms with E-state index in [0.717, 1.165) is 16.8 Å². The number of aromatic nitrogens is 4. The number of anilines is 1. The van der Waals surface area contributed by atoms with E-state index in [-0.39, 0.29) is 24.7 Å². The van der Waals surface area contributed by atoms with Crippen LogP contribution < -0.4 is 4.90 Å². The number of hydrogen-bond acceptors (Lipinski definition) is 8. The molecule has 0 N–H and O–H groups in total. The van der Waals surface area contributed by atoms with Crippen LogP contribution in [0.2, 0.25) is 0 Å². The summed E-state index contributed by atoms with van der Waals surface area (Å²) in [5.74, 6) is 0.527. The molecule has 0 unspecified atom stereocenters. The van der Waals surface area contributed by atoms with Gasteiger partial charge in [0, 0.05) is 50.4 Å². The zero-order valence-electron chi connectivity index (χ0n) is 16.7. The molecule has 0 radical (unpaired) electrons. The Morgan fingerprint density at radius 2 is 2.07 bits per heavy atom. The summed E-state index contributed by atoms with van der Waals surface area (Å²) in [7, 11) is 3.76. The first-order valence-electron chi connectivity index (χ1n) is 9.26. The molecule has 0 bridgehead atoms. The minimum Gasteiger partial charge on any atom is -0.369 e. The highest BCUT2D eigenvalue weighted by atomic mass is 16.5. The third-order valence-electron chi connectivity index (χ3n) is 4.34. The first-order valence-corrected chi connectivity index (χ1v) is 9.26. The van der Waals surface area contributed by atoms with Crippen LogP contribution in [-0.2, 0) is 14.3 Å². The molecule has 0 aromatic carbocycles. The van der Waals surface area contributed by atoms with Crippen molar-refractivity contribution >= 4 is 11.9 Å². The number of carbonyl (C=O) groups excluding carboxylic acids is 1. The van der Waals surface area contributed by atoms with E-state index in [1.165, 1.54) is 6.33 Å². The molecule has 3 heterocycles. The fourth-order valence-corrected chi connectivity index (χ4v) is 2.88. The van der Waals surface area contributed by atoms with Crippen molar-refractivity contribution < 1.29 is 14.3 Å². The summed E-state index contributed by atoms with van der Waals surface area (Å²) >= 11 is 0. The largest absolute Gasteiger partial charge is 0.369 e. The molecule has 0 saturated carbocycles. The average Bonchev–Trinajstić information content (AvgIpc) is 2.72. The van der Waals surface area contributed by atoms with Gasteiger partial charge in [-0.25, -0.2) is 19.9 Å². The van der Waals surface area contributed by atoms with Gasteiger partial charge in [-0.15, -0.1) is 0 Å². The maximum absolute atomic E-state index is 12.5. The van der Waals surface area contributed by atoms with E-state index in [4.69, 9.17) is 14.5 Å². The van der Waals surface area contributed by atoms with Crippen molar-refractivity contribution in [3.8, 4) is 11.1 Å². The number of amides is 1. The van der Waals surface area contributed by atoms with Crippen LogP contribution in [0.5, 0.6) is 0 Å². The standard InChI is InChI=1S/C19H26N6O3/c1-13(2)28-11-17(26)25-5-6-27-16(10-25)18-15(14-7-20-12-21-8-14)9-22-19(23-18)24(3)4/h7-9,12-13,16H,5-6,10-11H2,1-4H3/t16-/m1/s1. The number of rotatable bonds is 6. The van der Waals surface area contributed by atoms with Gasteiger partial charge in [-0.1, -0.05) is 0 Å². The number of hydrogen-bond donors (Lipinski definition) is 0. The number of nitrogens with zero attached hydrogens (tertiary/aromatic N) is 6. The Labute approximate surface area is 164 Å². The van der Waals surface area contributed by atoms with Gasteiger partial charge in [0.25, 0.3) is 0 Å². The van der Waals surface area contributed by atoms with E-state index in [1.807, 2.05) is 32.8 Å². The van der Waals surface area contributed by atoms with E-state index < -0.39 is 0 Å². The minimum atomic E-state index is -0.367. The second-order valence-corrected chi connectivity index (χ2v) is 7.05. The Morgan fingerprint density at radius 1 is 1.32 bits per heavy atom. The smallest absolute Gasteiger partial charge is 0.248 e. The number of morpholine rings is 1. The quantitative estimate of drug-likeness (QED) is 0.734. The highest BCUT2D eigenvalue weighted by molar-refractivity contribution is 5.77. The van der Waals surface area contributed by atoms with Crippen LogP contribution in [0.1, 0.15) is 25.6 Å². The number of carbonyl (C=O) groups is 1. The van der Waals surface area contributed by atoms with E-state index in [0.29, 0.717) is 25.6 Å². The van der Waals surface area contributed by atoms with E-state index in [9.17, 15) is 4.79 Å². The summed E-state index contributed by atoms with van der Waals surface area (Å²) in [6.07, 6.45) is 6.30. The summed E-state index contributed by atoms with van der Waals surface area (Å²) in [6.45, 7) is 5.26. The SMILES string of the molecule is CC(C)OCC(=O)N1CCO[C@@H](c2nc(N(C)C)ncc2-c2cncnc2)C1. The van der Waals surface area contributed by atoms with Gasteiger partial charge in [0.05, 0.1) is 24.9 Å². The highest BCUT2D eigenvalue weighted by Gasteiger charge is 2.29. The monoisotopic (exact) mass is 386 g/mol. The second kappa shape index (κ2) is 9.03.